The van der Waals surface area contributed by atoms with Crippen LogP contribution in [0.3, 0.4) is 0 Å². The molecule has 6 fully saturated rings. The second-order valence-corrected chi connectivity index (χ2v) is 16.8. The van der Waals surface area contributed by atoms with Crippen LogP contribution in [0, 0.1) is 46.8 Å². The predicted molar refractivity (Wildman–Crippen MR) is 187 cm³/mol. The number of amides is 2. The van der Waals surface area contributed by atoms with Gasteiger partial charge in [0.2, 0.25) is 5.91 Å². The number of benzene rings is 2. The lowest BCUT2D eigenvalue weighted by Gasteiger charge is -2.63. The number of nitrogens with zero attached hydrogens (tertiary/aromatic N) is 3. The van der Waals surface area contributed by atoms with E-state index in [2.05, 4.69) is 24.7 Å². The van der Waals surface area contributed by atoms with Gasteiger partial charge in [0, 0.05) is 49.7 Å². The summed E-state index contributed by atoms with van der Waals surface area (Å²) in [5, 5.41) is 25.0. The number of hydrogen-bond donors (Lipinski definition) is 2. The molecule has 4 aliphatic carbocycles. The topological polar surface area (TPSA) is 84.3 Å². The van der Waals surface area contributed by atoms with Crippen molar-refractivity contribution in [3.05, 3.63) is 48.0 Å². The van der Waals surface area contributed by atoms with Gasteiger partial charge in [0.15, 0.2) is 0 Å². The van der Waals surface area contributed by atoms with E-state index in [1.165, 1.54) is 6.42 Å². The van der Waals surface area contributed by atoms with Crippen LogP contribution in [0.25, 0.3) is 10.8 Å². The summed E-state index contributed by atoms with van der Waals surface area (Å²) in [6, 6.07) is 13.5. The van der Waals surface area contributed by atoms with E-state index < -0.39 is 11.6 Å². The number of carbonyl (C=O) groups excluding carboxylic acids is 2. The van der Waals surface area contributed by atoms with E-state index in [4.69, 9.17) is 6.42 Å². The summed E-state index contributed by atoms with van der Waals surface area (Å²) in [6.45, 7) is 8.15. The fraction of sp³-hybridized carbons (Fsp3) is 0.659. The number of rotatable bonds is 3. The van der Waals surface area contributed by atoms with Crippen LogP contribution in [0.2, 0.25) is 0 Å². The first-order valence-corrected chi connectivity index (χ1v) is 18.8. The van der Waals surface area contributed by atoms with Crippen molar-refractivity contribution in [2.24, 2.45) is 34.5 Å². The van der Waals surface area contributed by atoms with Crippen LogP contribution in [-0.2, 0) is 4.79 Å². The molecule has 2 aliphatic heterocycles. The van der Waals surface area contributed by atoms with Crippen LogP contribution >= 0.6 is 0 Å². The normalized spacial score (nSPS) is 41.4. The average molecular weight is 652 g/mol. The summed E-state index contributed by atoms with van der Waals surface area (Å²) >= 11 is 0. The van der Waals surface area contributed by atoms with E-state index in [0.29, 0.717) is 61.7 Å². The van der Waals surface area contributed by atoms with E-state index in [1.807, 2.05) is 52.3 Å². The van der Waals surface area contributed by atoms with Crippen molar-refractivity contribution in [2.45, 2.75) is 102 Å². The molecule has 256 valence electrons. The summed E-state index contributed by atoms with van der Waals surface area (Å²) in [5.41, 5.74) is -0.356. The van der Waals surface area contributed by atoms with Crippen LogP contribution in [0.1, 0.15) is 88.4 Å². The molecule has 2 aromatic carbocycles. The molecule has 6 aliphatic rings. The van der Waals surface area contributed by atoms with E-state index >= 15 is 0 Å². The molecule has 2 amide bonds. The zero-order valence-electron chi connectivity index (χ0n) is 28.8. The molecule has 0 unspecified atom stereocenters. The minimum Gasteiger partial charge on any atom is -0.391 e. The van der Waals surface area contributed by atoms with Gasteiger partial charge in [0.1, 0.15) is 11.6 Å². The largest absolute Gasteiger partial charge is 0.391 e. The molecular weight excluding hydrogens is 598 g/mol. The summed E-state index contributed by atoms with van der Waals surface area (Å²) in [5.74, 6) is 5.02. The molecule has 7 nitrogen and oxygen atoms in total. The Hall–Kier alpha value is -2.92. The lowest BCUT2D eigenvalue weighted by molar-refractivity contribution is -0.163. The molecule has 0 aromatic heterocycles. The molecule has 2 aromatic rings. The van der Waals surface area contributed by atoms with Crippen LogP contribution in [0.4, 0.5) is 0 Å². The zero-order chi connectivity index (χ0) is 33.4. The number of fused-ring (bicyclic) bond motifs is 6. The lowest BCUT2D eigenvalue weighted by Crippen LogP contribution is -2.63. The second kappa shape index (κ2) is 11.9. The van der Waals surface area contributed by atoms with Crippen molar-refractivity contribution >= 4 is 22.6 Å². The Bertz CT molecular complexity index is 1620. The third-order valence-corrected chi connectivity index (χ3v) is 15.0. The van der Waals surface area contributed by atoms with Gasteiger partial charge in [-0.3, -0.25) is 14.5 Å². The highest BCUT2D eigenvalue weighted by molar-refractivity contribution is 6.08. The second-order valence-electron chi connectivity index (χ2n) is 16.8. The highest BCUT2D eigenvalue weighted by Crippen LogP contribution is 2.68. The number of hydrogen-bond acceptors (Lipinski definition) is 5. The quantitative estimate of drug-likeness (QED) is 0.439. The molecule has 8 rings (SSSR count). The van der Waals surface area contributed by atoms with Gasteiger partial charge in [0.05, 0.1) is 6.10 Å². The molecular formula is C41H53N3O4. The summed E-state index contributed by atoms with van der Waals surface area (Å²) in [7, 11) is 0. The van der Waals surface area contributed by atoms with Gasteiger partial charge in [-0.25, -0.2) is 0 Å². The van der Waals surface area contributed by atoms with Gasteiger partial charge in [-0.15, -0.1) is 6.42 Å². The Balaban J connectivity index is 0.935. The molecule has 2 N–H and O–H groups in total. The summed E-state index contributed by atoms with van der Waals surface area (Å²) in [6.07, 6.45) is 15.1. The molecule has 2 heterocycles. The van der Waals surface area contributed by atoms with Gasteiger partial charge >= 0.3 is 0 Å². The molecule has 10 atom stereocenters. The minimum absolute atomic E-state index is 0.0511. The maximum Gasteiger partial charge on any atom is 0.255 e. The molecule has 7 heteroatoms. The van der Waals surface area contributed by atoms with Gasteiger partial charge in [-0.05, 0) is 110 Å². The molecule has 2 saturated heterocycles. The van der Waals surface area contributed by atoms with Gasteiger partial charge in [0.25, 0.3) is 5.91 Å². The Morgan fingerprint density at radius 1 is 0.896 bits per heavy atom. The Kier molecular flexibility index (Phi) is 7.97. The minimum atomic E-state index is -0.985. The van der Waals surface area contributed by atoms with Gasteiger partial charge in [-0.1, -0.05) is 56.2 Å². The monoisotopic (exact) mass is 651 g/mol. The Labute approximate surface area is 286 Å². The molecule has 48 heavy (non-hydrogen) atoms. The first-order chi connectivity index (χ1) is 23.1. The smallest absolute Gasteiger partial charge is 0.255 e. The van der Waals surface area contributed by atoms with E-state index in [0.717, 1.165) is 68.8 Å². The van der Waals surface area contributed by atoms with Gasteiger partial charge < -0.3 is 20.0 Å². The van der Waals surface area contributed by atoms with Crippen molar-refractivity contribution in [1.82, 2.24) is 14.7 Å². The molecule has 0 radical (unpaired) electrons. The SMILES string of the molecule is C#C[C@]1(O)CC[C@H]2[C@@H]3CC[C@H]4C[C@H](O)[C@@H](N5CCN(C(=O)[C@@H]6CCCN6C(=O)c6cccc7ccccc67)CC5)C[C@]4(C)[C@H]3CC[C@@]21C. The highest BCUT2D eigenvalue weighted by atomic mass is 16.3. The van der Waals surface area contributed by atoms with Crippen LogP contribution in [-0.4, -0.2) is 93.2 Å². The molecule has 0 bridgehead atoms. The van der Waals surface area contributed by atoms with Gasteiger partial charge in [-0.2, -0.15) is 0 Å². The van der Waals surface area contributed by atoms with E-state index in [1.54, 1.807) is 0 Å². The van der Waals surface area contributed by atoms with Crippen LogP contribution in [0.5, 0.6) is 0 Å². The lowest BCUT2D eigenvalue weighted by atomic mass is 9.44. The fourth-order valence-electron chi connectivity index (χ4n) is 12.2. The number of terminal acetylenes is 1. The predicted octanol–water partition coefficient (Wildman–Crippen LogP) is 5.34. The number of aliphatic hydroxyl groups excluding tert-OH is 1. The van der Waals surface area contributed by atoms with E-state index in [9.17, 15) is 19.8 Å². The number of aliphatic hydroxyl groups is 2. The number of piperazine rings is 1. The first kappa shape index (κ1) is 32.3. The van der Waals surface area contributed by atoms with Crippen LogP contribution in [0.15, 0.2) is 42.5 Å². The summed E-state index contributed by atoms with van der Waals surface area (Å²) in [4.78, 5) is 34.0. The van der Waals surface area contributed by atoms with Crippen molar-refractivity contribution in [3.63, 3.8) is 0 Å². The van der Waals surface area contributed by atoms with E-state index in [-0.39, 0.29) is 34.8 Å². The first-order valence-electron chi connectivity index (χ1n) is 18.8. The van der Waals surface area contributed by atoms with Crippen molar-refractivity contribution in [3.8, 4) is 12.3 Å². The molecule has 0 spiro atoms. The third kappa shape index (κ3) is 4.80. The average Bonchev–Trinajstić information content (AvgIpc) is 3.70. The number of likely N-dealkylation sites (tertiary alicyclic amines) is 1. The van der Waals surface area contributed by atoms with Crippen molar-refractivity contribution in [2.75, 3.05) is 32.7 Å². The maximum absolute atomic E-state index is 14.0. The number of carbonyl (C=O) groups is 2. The fourth-order valence-corrected chi connectivity index (χ4v) is 12.2. The van der Waals surface area contributed by atoms with Crippen LogP contribution < -0.4 is 0 Å². The summed E-state index contributed by atoms with van der Waals surface area (Å²) < 4.78 is 0. The Morgan fingerprint density at radius 3 is 2.44 bits per heavy atom. The van der Waals surface area contributed by atoms with Crippen molar-refractivity contribution in [1.29, 1.82) is 0 Å². The molecule has 4 saturated carbocycles. The highest BCUT2D eigenvalue weighted by Gasteiger charge is 2.65. The standard InChI is InChI=1S/C41H53N3O4/c1-4-41(48)19-17-33-31-15-14-28-25-36(45)35(26-39(28,2)32(31)16-18-40(33,41)3)42-21-23-43(24-22-42)38(47)34-13-8-20-44(34)37(46)30-12-7-10-27-9-5-6-11-29(27)30/h1,5-7,9-12,28,31-36,45,48H,8,13-26H2,2-3H3/t28-,31+,32-,33-,34-,35-,36-,39-,40-,41-/m0/s1. The third-order valence-electron chi connectivity index (χ3n) is 15.0. The van der Waals surface area contributed by atoms with Crippen molar-refractivity contribution < 1.29 is 19.8 Å². The Morgan fingerprint density at radius 2 is 1.65 bits per heavy atom. The zero-order valence-corrected chi connectivity index (χ0v) is 28.8. The maximum atomic E-state index is 14.0.